The fraction of sp³-hybridized carbons (Fsp3) is 0.353. The van der Waals surface area contributed by atoms with E-state index < -0.39 is 12.0 Å². The molecule has 1 amide bonds. The summed E-state index contributed by atoms with van der Waals surface area (Å²) in [5, 5.41) is 13.7. The smallest absolute Gasteiger partial charge is 0.326 e. The molecule has 1 aromatic carbocycles. The Balaban J connectivity index is 1.85. The maximum absolute atomic E-state index is 12.6. The highest BCUT2D eigenvalue weighted by atomic mass is 79.9. The average Bonchev–Trinajstić information content (AvgIpc) is 3.16. The van der Waals surface area contributed by atoms with Crippen LogP contribution in [0.1, 0.15) is 34.6 Å². The first kappa shape index (κ1) is 16.7. The minimum Gasteiger partial charge on any atom is -0.480 e. The third-order valence-corrected chi connectivity index (χ3v) is 5.51. The number of halogens is 1. The molecule has 2 heterocycles. The zero-order chi connectivity index (χ0) is 17.4. The Morgan fingerprint density at radius 1 is 1.25 bits per heavy atom. The van der Waals surface area contributed by atoms with Crippen LogP contribution < -0.4 is 0 Å². The molecule has 6 nitrogen and oxygen atoms in total. The number of likely N-dealkylation sites (tertiary alicyclic amines) is 1. The summed E-state index contributed by atoms with van der Waals surface area (Å²) < 4.78 is 2.77. The van der Waals surface area contributed by atoms with E-state index in [1.54, 1.807) is 12.1 Å². The van der Waals surface area contributed by atoms with Gasteiger partial charge in [-0.1, -0.05) is 0 Å². The van der Waals surface area contributed by atoms with Crippen molar-refractivity contribution in [1.29, 1.82) is 0 Å². The number of carbonyl (C=O) groups excluding carboxylic acids is 1. The van der Waals surface area contributed by atoms with Gasteiger partial charge in [0.05, 0.1) is 21.5 Å². The predicted octanol–water partition coefficient (Wildman–Crippen LogP) is 2.94. The number of aliphatic carboxylic acids is 1. The van der Waals surface area contributed by atoms with Crippen molar-refractivity contribution in [3.8, 4) is 5.69 Å². The number of amides is 1. The first-order chi connectivity index (χ1) is 11.4. The monoisotopic (exact) mass is 391 g/mol. The Morgan fingerprint density at radius 3 is 2.46 bits per heavy atom. The Kier molecular flexibility index (Phi) is 4.45. The van der Waals surface area contributed by atoms with Gasteiger partial charge < -0.3 is 10.0 Å². The fourth-order valence-electron chi connectivity index (χ4n) is 3.05. The number of nitrogens with zero attached hydrogens (tertiary/aromatic N) is 3. The zero-order valence-corrected chi connectivity index (χ0v) is 15.1. The maximum atomic E-state index is 12.6. The molecule has 0 bridgehead atoms. The fourth-order valence-corrected chi connectivity index (χ4v) is 3.30. The molecule has 1 aromatic heterocycles. The van der Waals surface area contributed by atoms with Gasteiger partial charge in [0.1, 0.15) is 6.04 Å². The molecule has 1 N–H and O–H groups in total. The maximum Gasteiger partial charge on any atom is 0.326 e. The Bertz CT molecular complexity index is 798. The molecule has 3 rings (SSSR count). The predicted molar refractivity (Wildman–Crippen MR) is 92.4 cm³/mol. The van der Waals surface area contributed by atoms with Crippen molar-refractivity contribution in [3.05, 3.63) is 45.7 Å². The van der Waals surface area contributed by atoms with Crippen molar-refractivity contribution in [1.82, 2.24) is 14.7 Å². The topological polar surface area (TPSA) is 75.4 Å². The summed E-state index contributed by atoms with van der Waals surface area (Å²) in [5.41, 5.74) is 3.23. The van der Waals surface area contributed by atoms with Gasteiger partial charge in [0.25, 0.3) is 5.91 Å². The van der Waals surface area contributed by atoms with Gasteiger partial charge in [-0.2, -0.15) is 5.10 Å². The number of benzene rings is 1. The Hall–Kier alpha value is -2.15. The molecule has 2 aromatic rings. The van der Waals surface area contributed by atoms with Crippen molar-refractivity contribution in [2.45, 2.75) is 32.7 Å². The van der Waals surface area contributed by atoms with Gasteiger partial charge in [-0.15, -0.1) is 0 Å². The highest BCUT2D eigenvalue weighted by Gasteiger charge is 2.34. The number of hydrogen-bond acceptors (Lipinski definition) is 3. The number of carboxylic acid groups (broad SMARTS) is 1. The van der Waals surface area contributed by atoms with Gasteiger partial charge in [-0.05, 0) is 66.9 Å². The van der Waals surface area contributed by atoms with E-state index in [0.717, 1.165) is 28.0 Å². The lowest BCUT2D eigenvalue weighted by molar-refractivity contribution is -0.141. The van der Waals surface area contributed by atoms with Crippen LogP contribution in [0.2, 0.25) is 0 Å². The molecule has 0 aliphatic carbocycles. The van der Waals surface area contributed by atoms with E-state index in [9.17, 15) is 14.7 Å². The summed E-state index contributed by atoms with van der Waals surface area (Å²) in [6.07, 6.45) is 1.24. The molecule has 1 aliphatic heterocycles. The molecule has 0 radical (unpaired) electrons. The molecular formula is C17H18BrN3O3. The number of aromatic nitrogens is 2. The summed E-state index contributed by atoms with van der Waals surface area (Å²) >= 11 is 3.50. The number of rotatable bonds is 3. The van der Waals surface area contributed by atoms with E-state index in [2.05, 4.69) is 21.0 Å². The van der Waals surface area contributed by atoms with E-state index in [1.165, 1.54) is 4.90 Å². The quantitative estimate of drug-likeness (QED) is 0.872. The molecule has 24 heavy (non-hydrogen) atoms. The van der Waals surface area contributed by atoms with Gasteiger partial charge in [0, 0.05) is 12.1 Å². The highest BCUT2D eigenvalue weighted by molar-refractivity contribution is 9.10. The van der Waals surface area contributed by atoms with Crippen molar-refractivity contribution >= 4 is 27.8 Å². The van der Waals surface area contributed by atoms with Crippen LogP contribution in [-0.2, 0) is 4.79 Å². The van der Waals surface area contributed by atoms with Gasteiger partial charge in [-0.3, -0.25) is 4.79 Å². The molecule has 1 atom stereocenters. The second-order valence-electron chi connectivity index (χ2n) is 5.94. The minimum absolute atomic E-state index is 0.235. The van der Waals surface area contributed by atoms with Crippen molar-refractivity contribution in [3.63, 3.8) is 0 Å². The second kappa shape index (κ2) is 6.39. The molecule has 0 spiro atoms. The van der Waals surface area contributed by atoms with Crippen LogP contribution in [0.3, 0.4) is 0 Å². The van der Waals surface area contributed by atoms with Gasteiger partial charge >= 0.3 is 5.97 Å². The van der Waals surface area contributed by atoms with Crippen LogP contribution in [0.5, 0.6) is 0 Å². The first-order valence-corrected chi connectivity index (χ1v) is 8.55. The van der Waals surface area contributed by atoms with E-state index in [-0.39, 0.29) is 5.91 Å². The molecule has 1 fully saturated rings. The number of aryl methyl sites for hydroxylation is 1. The summed E-state index contributed by atoms with van der Waals surface area (Å²) in [5.74, 6) is -1.18. The summed E-state index contributed by atoms with van der Waals surface area (Å²) in [6, 6.07) is 6.37. The molecule has 0 unspecified atom stereocenters. The molecule has 126 valence electrons. The van der Waals surface area contributed by atoms with E-state index in [1.807, 2.05) is 30.7 Å². The molecule has 7 heteroatoms. The van der Waals surface area contributed by atoms with Crippen LogP contribution in [-0.4, -0.2) is 44.3 Å². The second-order valence-corrected chi connectivity index (χ2v) is 6.73. The Labute approximate surface area is 148 Å². The number of hydrogen-bond donors (Lipinski definition) is 1. The lowest BCUT2D eigenvalue weighted by atomic mass is 10.1. The lowest BCUT2D eigenvalue weighted by Crippen LogP contribution is -2.40. The highest BCUT2D eigenvalue weighted by Crippen LogP contribution is 2.24. The van der Waals surface area contributed by atoms with E-state index in [4.69, 9.17) is 0 Å². The van der Waals surface area contributed by atoms with Gasteiger partial charge in [0.15, 0.2) is 0 Å². The summed E-state index contributed by atoms with van der Waals surface area (Å²) in [4.78, 5) is 25.3. The summed E-state index contributed by atoms with van der Waals surface area (Å²) in [6.45, 7) is 4.37. The van der Waals surface area contributed by atoms with Crippen LogP contribution in [0, 0.1) is 13.8 Å². The normalized spacial score (nSPS) is 17.3. The standard InChI is InChI=1S/C17H18BrN3O3/c1-10-15(18)11(2)21(19-10)13-7-5-12(6-8-13)16(22)20-9-3-4-14(20)17(23)24/h5-8,14H,3-4,9H2,1-2H3,(H,23,24)/t14-/m1/s1. The Morgan fingerprint density at radius 2 is 1.92 bits per heavy atom. The number of carboxylic acids is 1. The van der Waals surface area contributed by atoms with Crippen LogP contribution in [0.15, 0.2) is 28.7 Å². The van der Waals surface area contributed by atoms with Crippen LogP contribution >= 0.6 is 15.9 Å². The van der Waals surface area contributed by atoms with E-state index >= 15 is 0 Å². The summed E-state index contributed by atoms with van der Waals surface area (Å²) in [7, 11) is 0. The van der Waals surface area contributed by atoms with Crippen molar-refractivity contribution in [2.75, 3.05) is 6.54 Å². The zero-order valence-electron chi connectivity index (χ0n) is 13.5. The minimum atomic E-state index is -0.940. The number of carbonyl (C=O) groups is 2. The van der Waals surface area contributed by atoms with Crippen molar-refractivity contribution < 1.29 is 14.7 Å². The molecule has 0 saturated carbocycles. The van der Waals surface area contributed by atoms with Crippen molar-refractivity contribution in [2.24, 2.45) is 0 Å². The largest absolute Gasteiger partial charge is 0.480 e. The SMILES string of the molecule is Cc1nn(-c2ccc(C(=O)N3CCC[C@@H]3C(=O)O)cc2)c(C)c1Br. The third-order valence-electron chi connectivity index (χ3n) is 4.36. The van der Waals surface area contributed by atoms with Crippen LogP contribution in [0.25, 0.3) is 5.69 Å². The third kappa shape index (κ3) is 2.84. The van der Waals surface area contributed by atoms with Crippen LogP contribution in [0.4, 0.5) is 0 Å². The first-order valence-electron chi connectivity index (χ1n) is 7.76. The van der Waals surface area contributed by atoms with Gasteiger partial charge in [0.2, 0.25) is 0 Å². The lowest BCUT2D eigenvalue weighted by Gasteiger charge is -2.21. The van der Waals surface area contributed by atoms with Gasteiger partial charge in [-0.25, -0.2) is 9.48 Å². The average molecular weight is 392 g/mol. The van der Waals surface area contributed by atoms with E-state index in [0.29, 0.717) is 18.5 Å². The molecule has 1 saturated heterocycles. The molecular weight excluding hydrogens is 374 g/mol. The molecule has 1 aliphatic rings.